The van der Waals surface area contributed by atoms with Gasteiger partial charge in [0.1, 0.15) is 5.15 Å². The van der Waals surface area contributed by atoms with Crippen LogP contribution < -0.4 is 0 Å². The molecule has 0 aliphatic carbocycles. The number of hydrogen-bond acceptors (Lipinski definition) is 1. The van der Waals surface area contributed by atoms with E-state index in [1.165, 1.54) is 0 Å². The van der Waals surface area contributed by atoms with Crippen LogP contribution in [0.1, 0.15) is 0 Å². The molecule has 53 valence electrons. The smallest absolute Gasteiger partial charge is 0.137 e. The maximum Gasteiger partial charge on any atom is 0.137 e. The van der Waals surface area contributed by atoms with Crippen molar-refractivity contribution in [2.75, 3.05) is 0 Å². The van der Waals surface area contributed by atoms with E-state index in [1.807, 2.05) is 30.3 Å². The van der Waals surface area contributed by atoms with Gasteiger partial charge in [0, 0.05) is 5.39 Å². The van der Waals surface area contributed by atoms with E-state index in [0.717, 1.165) is 10.8 Å². The molecule has 1 radical (unpaired) electrons. The highest BCUT2D eigenvalue weighted by Gasteiger charge is 1.95. The molecule has 0 bridgehead atoms. The molecule has 1 aromatic carbocycles. The molecule has 2 heteroatoms. The predicted molar refractivity (Wildman–Crippen MR) is 45.6 cm³/mol. The summed E-state index contributed by atoms with van der Waals surface area (Å²) < 4.78 is 0. The molecule has 0 amide bonds. The number of benzene rings is 1. The van der Waals surface area contributed by atoms with Crippen LogP contribution in [0.4, 0.5) is 0 Å². The van der Waals surface area contributed by atoms with Gasteiger partial charge in [-0.15, -0.1) is 0 Å². The number of aromatic nitrogens is 1. The van der Waals surface area contributed by atoms with Crippen LogP contribution in [0, 0.1) is 6.20 Å². The molecule has 0 saturated heterocycles. The number of halogens is 1. The summed E-state index contributed by atoms with van der Waals surface area (Å²) in [5.41, 5.74) is 0. The van der Waals surface area contributed by atoms with E-state index in [0.29, 0.717) is 5.15 Å². The summed E-state index contributed by atoms with van der Waals surface area (Å²) in [5, 5.41) is 2.57. The van der Waals surface area contributed by atoms with Crippen LogP contribution in [-0.4, -0.2) is 4.98 Å². The van der Waals surface area contributed by atoms with Gasteiger partial charge in [0.25, 0.3) is 0 Å². The summed E-state index contributed by atoms with van der Waals surface area (Å²) in [6, 6.07) is 9.65. The average Bonchev–Trinajstić information content (AvgIpc) is 2.06. The van der Waals surface area contributed by atoms with Gasteiger partial charge in [-0.25, -0.2) is 4.98 Å². The molecule has 0 fully saturated rings. The van der Waals surface area contributed by atoms with Gasteiger partial charge in [-0.1, -0.05) is 35.9 Å². The second-order valence-corrected chi connectivity index (χ2v) is 2.62. The maximum atomic E-state index is 5.81. The first-order chi connectivity index (χ1) is 5.38. The van der Waals surface area contributed by atoms with Crippen LogP contribution in [0.2, 0.25) is 5.15 Å². The van der Waals surface area contributed by atoms with Crippen molar-refractivity contribution in [1.29, 1.82) is 0 Å². The van der Waals surface area contributed by atoms with Crippen molar-refractivity contribution in [1.82, 2.24) is 4.98 Å². The Hall–Kier alpha value is -1.08. The van der Waals surface area contributed by atoms with E-state index < -0.39 is 0 Å². The van der Waals surface area contributed by atoms with E-state index in [1.54, 1.807) is 0 Å². The first-order valence-corrected chi connectivity index (χ1v) is 3.67. The summed E-state index contributed by atoms with van der Waals surface area (Å²) in [6.45, 7) is 0. The van der Waals surface area contributed by atoms with Crippen LogP contribution in [0.5, 0.6) is 0 Å². The Kier molecular flexibility index (Phi) is 1.51. The van der Waals surface area contributed by atoms with Crippen molar-refractivity contribution in [3.05, 3.63) is 41.7 Å². The Balaban J connectivity index is 2.91. The van der Waals surface area contributed by atoms with Crippen molar-refractivity contribution in [2.24, 2.45) is 0 Å². The molecule has 2 aromatic rings. The van der Waals surface area contributed by atoms with Crippen molar-refractivity contribution < 1.29 is 0 Å². The molecule has 0 aliphatic rings. The second-order valence-electron chi connectivity index (χ2n) is 2.26. The van der Waals surface area contributed by atoms with E-state index in [9.17, 15) is 0 Å². The fourth-order valence-corrected chi connectivity index (χ4v) is 1.25. The van der Waals surface area contributed by atoms with Gasteiger partial charge in [0.2, 0.25) is 0 Å². The first kappa shape index (κ1) is 6.62. The lowest BCUT2D eigenvalue weighted by Crippen LogP contribution is -1.76. The summed E-state index contributed by atoms with van der Waals surface area (Å²) in [7, 11) is 0. The Bertz CT molecular complexity index is 379. The highest BCUT2D eigenvalue weighted by molar-refractivity contribution is 6.34. The Morgan fingerprint density at radius 3 is 2.91 bits per heavy atom. The summed E-state index contributed by atoms with van der Waals surface area (Å²) in [5.74, 6) is 0. The molecule has 11 heavy (non-hydrogen) atoms. The fraction of sp³-hybridized carbons (Fsp3) is 0. The fourth-order valence-electron chi connectivity index (χ4n) is 1.03. The Morgan fingerprint density at radius 1 is 1.27 bits per heavy atom. The molecule has 2 rings (SSSR count). The summed E-state index contributed by atoms with van der Waals surface area (Å²) >= 11 is 5.81. The summed E-state index contributed by atoms with van der Waals surface area (Å²) in [4.78, 5) is 3.85. The van der Waals surface area contributed by atoms with E-state index in [2.05, 4.69) is 11.2 Å². The number of pyridine rings is 1. The normalized spacial score (nSPS) is 10.3. The lowest BCUT2D eigenvalue weighted by atomic mass is 10.2. The Morgan fingerprint density at radius 2 is 2.09 bits per heavy atom. The molecule has 1 nitrogen and oxygen atoms in total. The van der Waals surface area contributed by atoms with Gasteiger partial charge >= 0.3 is 0 Å². The molecule has 0 aliphatic heterocycles. The third kappa shape index (κ3) is 1.08. The van der Waals surface area contributed by atoms with Gasteiger partial charge in [-0.2, -0.15) is 0 Å². The highest BCUT2D eigenvalue weighted by atomic mass is 35.5. The summed E-state index contributed by atoms with van der Waals surface area (Å²) in [6.07, 6.45) is 2.72. The first-order valence-electron chi connectivity index (χ1n) is 3.29. The molecule has 0 N–H and O–H groups in total. The molecule has 0 unspecified atom stereocenters. The van der Waals surface area contributed by atoms with Gasteiger partial charge in [-0.3, -0.25) is 0 Å². The maximum absolute atomic E-state index is 5.81. The number of nitrogens with zero attached hydrogens (tertiary/aromatic N) is 1. The Labute approximate surface area is 69.6 Å². The van der Waals surface area contributed by atoms with Crippen molar-refractivity contribution in [3.63, 3.8) is 0 Å². The minimum absolute atomic E-state index is 0.517. The zero-order valence-electron chi connectivity index (χ0n) is 5.71. The van der Waals surface area contributed by atoms with Crippen molar-refractivity contribution >= 4 is 22.4 Å². The van der Waals surface area contributed by atoms with Crippen LogP contribution >= 0.6 is 11.6 Å². The van der Waals surface area contributed by atoms with Crippen molar-refractivity contribution in [3.8, 4) is 0 Å². The van der Waals surface area contributed by atoms with Crippen LogP contribution in [0.15, 0.2) is 30.3 Å². The van der Waals surface area contributed by atoms with Gasteiger partial charge in [0.05, 0.1) is 6.20 Å². The zero-order valence-corrected chi connectivity index (χ0v) is 6.47. The third-order valence-corrected chi connectivity index (χ3v) is 1.85. The minimum Gasteiger partial charge on any atom is -0.234 e. The lowest BCUT2D eigenvalue weighted by Gasteiger charge is -1.95. The zero-order chi connectivity index (χ0) is 7.68. The number of hydrogen-bond donors (Lipinski definition) is 0. The molecular formula is C9H5ClN. The molecule has 0 saturated carbocycles. The monoisotopic (exact) mass is 162 g/mol. The van der Waals surface area contributed by atoms with Crippen molar-refractivity contribution in [2.45, 2.75) is 0 Å². The van der Waals surface area contributed by atoms with E-state index in [-0.39, 0.29) is 0 Å². The standard InChI is InChI=1S/C9H5ClN/c10-9-8-4-2-1-3-7(8)5-6-11-9/h1-5H. The quantitative estimate of drug-likeness (QED) is 0.543. The largest absolute Gasteiger partial charge is 0.234 e. The van der Waals surface area contributed by atoms with Crippen LogP contribution in [0.3, 0.4) is 0 Å². The molecule has 1 aromatic heterocycles. The second kappa shape index (κ2) is 2.51. The van der Waals surface area contributed by atoms with Gasteiger partial charge in [-0.05, 0) is 11.5 Å². The van der Waals surface area contributed by atoms with Crippen LogP contribution in [0.25, 0.3) is 10.8 Å². The molecule has 0 spiro atoms. The molecule has 0 atom stereocenters. The molecule has 1 heterocycles. The number of fused-ring (bicyclic) bond motifs is 1. The number of rotatable bonds is 0. The minimum atomic E-state index is 0.517. The lowest BCUT2D eigenvalue weighted by molar-refractivity contribution is 1.35. The SMILES string of the molecule is Clc1n[c]cc2ccccc12. The van der Waals surface area contributed by atoms with Gasteiger partial charge in [0.15, 0.2) is 0 Å². The van der Waals surface area contributed by atoms with E-state index >= 15 is 0 Å². The van der Waals surface area contributed by atoms with Crippen LogP contribution in [-0.2, 0) is 0 Å². The predicted octanol–water partition coefficient (Wildman–Crippen LogP) is 2.69. The highest BCUT2D eigenvalue weighted by Crippen LogP contribution is 2.19. The third-order valence-electron chi connectivity index (χ3n) is 1.57. The topological polar surface area (TPSA) is 12.9 Å². The molecular weight excluding hydrogens is 158 g/mol. The average molecular weight is 163 g/mol. The van der Waals surface area contributed by atoms with Gasteiger partial charge < -0.3 is 0 Å². The van der Waals surface area contributed by atoms with E-state index in [4.69, 9.17) is 11.6 Å².